The molecular formula is C3H8N2O. The van der Waals surface area contributed by atoms with Crippen LogP contribution in [0.2, 0.25) is 0 Å². The summed E-state index contributed by atoms with van der Waals surface area (Å²) in [5.74, 6) is 0. The van der Waals surface area contributed by atoms with Gasteiger partial charge in [-0.25, -0.2) is 0 Å². The molecule has 0 heterocycles. The summed E-state index contributed by atoms with van der Waals surface area (Å²) in [6.45, 7) is 0.372. The molecule has 0 aromatic heterocycles. The SMILES string of the molecule is CNNCC=O. The molecule has 3 nitrogen and oxygen atoms in total. The minimum atomic E-state index is 0.372. The molecule has 0 rings (SSSR count). The average Bonchev–Trinajstić information content (AvgIpc) is 1.61. The lowest BCUT2D eigenvalue weighted by Crippen LogP contribution is -2.28. The van der Waals surface area contributed by atoms with Crippen molar-refractivity contribution in [2.75, 3.05) is 13.6 Å². The Bertz CT molecular complexity index is 37.8. The minimum absolute atomic E-state index is 0.372. The molecule has 6 heavy (non-hydrogen) atoms. The highest BCUT2D eigenvalue weighted by molar-refractivity contribution is 5.51. The van der Waals surface area contributed by atoms with Crippen LogP contribution in [-0.2, 0) is 4.79 Å². The van der Waals surface area contributed by atoms with Crippen LogP contribution in [0.25, 0.3) is 0 Å². The van der Waals surface area contributed by atoms with E-state index in [1.165, 1.54) is 0 Å². The second-order valence-electron chi connectivity index (χ2n) is 0.798. The van der Waals surface area contributed by atoms with Gasteiger partial charge in [0.25, 0.3) is 0 Å². The van der Waals surface area contributed by atoms with E-state index in [1.807, 2.05) is 0 Å². The Morgan fingerprint density at radius 1 is 1.83 bits per heavy atom. The van der Waals surface area contributed by atoms with Crippen LogP contribution in [0.15, 0.2) is 0 Å². The molecule has 0 aromatic rings. The Balaban J connectivity index is 2.49. The molecule has 0 saturated carbocycles. The van der Waals surface area contributed by atoms with Crippen molar-refractivity contribution < 1.29 is 4.79 Å². The van der Waals surface area contributed by atoms with Crippen LogP contribution in [0.1, 0.15) is 0 Å². The van der Waals surface area contributed by atoms with Crippen molar-refractivity contribution in [1.82, 2.24) is 10.9 Å². The van der Waals surface area contributed by atoms with Crippen LogP contribution >= 0.6 is 0 Å². The summed E-state index contributed by atoms with van der Waals surface area (Å²) in [7, 11) is 1.71. The first kappa shape index (κ1) is 5.59. The van der Waals surface area contributed by atoms with Gasteiger partial charge >= 0.3 is 0 Å². The molecule has 0 saturated heterocycles. The summed E-state index contributed by atoms with van der Waals surface area (Å²) in [6, 6.07) is 0. The molecule has 0 atom stereocenters. The number of aldehydes is 1. The standard InChI is InChI=1S/C3H8N2O/c1-4-5-2-3-6/h3-5H,2H2,1H3. The third-order valence-electron chi connectivity index (χ3n) is 0.362. The zero-order chi connectivity index (χ0) is 4.83. The molecule has 3 heteroatoms. The third kappa shape index (κ3) is 3.59. The van der Waals surface area contributed by atoms with E-state index in [4.69, 9.17) is 0 Å². The molecule has 0 aliphatic carbocycles. The van der Waals surface area contributed by atoms with Crippen molar-refractivity contribution in [3.8, 4) is 0 Å². The van der Waals surface area contributed by atoms with Crippen LogP contribution in [0, 0.1) is 0 Å². The van der Waals surface area contributed by atoms with Crippen molar-refractivity contribution in [3.63, 3.8) is 0 Å². The van der Waals surface area contributed by atoms with Gasteiger partial charge in [-0.1, -0.05) is 0 Å². The number of carbonyl (C=O) groups excluding carboxylic acids is 1. The molecule has 0 fully saturated rings. The molecule has 0 aliphatic rings. The number of rotatable bonds is 3. The van der Waals surface area contributed by atoms with E-state index >= 15 is 0 Å². The summed E-state index contributed by atoms with van der Waals surface area (Å²) in [6.07, 6.45) is 0.788. The Labute approximate surface area is 36.7 Å². The third-order valence-corrected chi connectivity index (χ3v) is 0.362. The predicted octanol–water partition coefficient (Wildman–Crippen LogP) is -1.09. The molecular weight excluding hydrogens is 80.0 g/mol. The first-order chi connectivity index (χ1) is 2.91. The largest absolute Gasteiger partial charge is 0.302 e. The molecule has 36 valence electrons. The quantitative estimate of drug-likeness (QED) is 0.261. The number of nitrogens with one attached hydrogen (secondary N) is 2. The van der Waals surface area contributed by atoms with Crippen LogP contribution in [0.3, 0.4) is 0 Å². The van der Waals surface area contributed by atoms with Crippen LogP contribution < -0.4 is 10.9 Å². The summed E-state index contributed by atoms with van der Waals surface area (Å²) in [5.41, 5.74) is 5.17. The molecule has 0 spiro atoms. The fourth-order valence-corrected chi connectivity index (χ4v) is 0.144. The molecule has 0 aliphatic heterocycles. The molecule has 0 aromatic carbocycles. The Kier molecular flexibility index (Phi) is 4.28. The van der Waals surface area contributed by atoms with Gasteiger partial charge in [0.2, 0.25) is 0 Å². The highest BCUT2D eigenvalue weighted by atomic mass is 16.1. The maximum absolute atomic E-state index is 9.46. The van der Waals surface area contributed by atoms with E-state index in [9.17, 15) is 4.79 Å². The van der Waals surface area contributed by atoms with E-state index in [-0.39, 0.29) is 0 Å². The van der Waals surface area contributed by atoms with Crippen LogP contribution in [-0.4, -0.2) is 19.9 Å². The van der Waals surface area contributed by atoms with Crippen molar-refractivity contribution in [1.29, 1.82) is 0 Å². The molecule has 0 bridgehead atoms. The topological polar surface area (TPSA) is 41.1 Å². The number of hydrogen-bond donors (Lipinski definition) is 2. The van der Waals surface area contributed by atoms with Gasteiger partial charge in [0.05, 0.1) is 6.54 Å². The normalized spacial score (nSPS) is 8.17. The highest BCUT2D eigenvalue weighted by Gasteiger charge is 1.68. The van der Waals surface area contributed by atoms with Gasteiger partial charge in [-0.2, -0.15) is 0 Å². The summed E-state index contributed by atoms with van der Waals surface area (Å²) < 4.78 is 0. The first-order valence-electron chi connectivity index (χ1n) is 1.75. The molecule has 0 amide bonds. The van der Waals surface area contributed by atoms with Crippen LogP contribution in [0.5, 0.6) is 0 Å². The van der Waals surface area contributed by atoms with Crippen molar-refractivity contribution in [2.45, 2.75) is 0 Å². The smallest absolute Gasteiger partial charge is 0.135 e. The molecule has 0 radical (unpaired) electrons. The zero-order valence-corrected chi connectivity index (χ0v) is 3.69. The Hall–Kier alpha value is -0.410. The lowest BCUT2D eigenvalue weighted by molar-refractivity contribution is -0.107. The second-order valence-corrected chi connectivity index (χ2v) is 0.798. The molecule has 2 N–H and O–H groups in total. The second kappa shape index (κ2) is 4.59. The van der Waals surface area contributed by atoms with E-state index in [0.29, 0.717) is 6.54 Å². The Morgan fingerprint density at radius 2 is 2.50 bits per heavy atom. The lowest BCUT2D eigenvalue weighted by atomic mass is 10.8. The van der Waals surface area contributed by atoms with Gasteiger partial charge in [0.15, 0.2) is 0 Å². The lowest BCUT2D eigenvalue weighted by Gasteiger charge is -1.89. The van der Waals surface area contributed by atoms with E-state index in [0.717, 1.165) is 6.29 Å². The van der Waals surface area contributed by atoms with Gasteiger partial charge in [-0.05, 0) is 7.05 Å². The molecule has 0 unspecified atom stereocenters. The first-order valence-corrected chi connectivity index (χ1v) is 1.75. The summed E-state index contributed by atoms with van der Waals surface area (Å²) in [4.78, 5) is 9.46. The van der Waals surface area contributed by atoms with Crippen molar-refractivity contribution in [3.05, 3.63) is 0 Å². The van der Waals surface area contributed by atoms with Gasteiger partial charge in [0, 0.05) is 0 Å². The number of hydrazine groups is 1. The van der Waals surface area contributed by atoms with Crippen molar-refractivity contribution >= 4 is 6.29 Å². The average molecular weight is 88.1 g/mol. The number of hydrogen-bond acceptors (Lipinski definition) is 3. The van der Waals surface area contributed by atoms with Crippen LogP contribution in [0.4, 0.5) is 0 Å². The van der Waals surface area contributed by atoms with E-state index in [2.05, 4.69) is 10.9 Å². The monoisotopic (exact) mass is 88.1 g/mol. The highest BCUT2D eigenvalue weighted by Crippen LogP contribution is 1.34. The Morgan fingerprint density at radius 3 is 2.67 bits per heavy atom. The summed E-state index contributed by atoms with van der Waals surface area (Å²) >= 11 is 0. The predicted molar refractivity (Wildman–Crippen MR) is 23.1 cm³/mol. The van der Waals surface area contributed by atoms with Gasteiger partial charge < -0.3 is 4.79 Å². The van der Waals surface area contributed by atoms with Crippen molar-refractivity contribution in [2.24, 2.45) is 0 Å². The zero-order valence-electron chi connectivity index (χ0n) is 3.69. The van der Waals surface area contributed by atoms with E-state index in [1.54, 1.807) is 7.05 Å². The van der Waals surface area contributed by atoms with Gasteiger partial charge in [-0.15, -0.1) is 0 Å². The van der Waals surface area contributed by atoms with Gasteiger partial charge in [-0.3, -0.25) is 10.9 Å². The minimum Gasteiger partial charge on any atom is -0.302 e. The maximum Gasteiger partial charge on any atom is 0.135 e. The van der Waals surface area contributed by atoms with Gasteiger partial charge in [0.1, 0.15) is 6.29 Å². The fraction of sp³-hybridized carbons (Fsp3) is 0.667. The maximum atomic E-state index is 9.46. The van der Waals surface area contributed by atoms with E-state index < -0.39 is 0 Å². The fourth-order valence-electron chi connectivity index (χ4n) is 0.144. The summed E-state index contributed by atoms with van der Waals surface area (Å²) in [5, 5.41) is 0. The number of carbonyl (C=O) groups is 1.